The molecule has 0 aliphatic rings. The van der Waals surface area contributed by atoms with Gasteiger partial charge in [0, 0.05) is 32.1 Å². The number of Topliss-reactive ketones (excluding diaryl/α,β-unsaturated/α-hetero) is 1. The van der Waals surface area contributed by atoms with E-state index in [9.17, 15) is 26.7 Å². The van der Waals surface area contributed by atoms with Crippen molar-refractivity contribution in [1.29, 1.82) is 0 Å². The standard InChI is InChI=1S/C35H22Cl2N2O6S2/c1-19(40)34(46(42,43)20-11-4-2-5-12-20)31-27-28-30(39-31)26-23(16-10-18-25(26)37)33(41)35(47(44,45)21-13-6-3-7-14-21)32(28)38-29(27)22-15-8-9-17-24(22)36/h2-18,34,41H,1H3. The van der Waals surface area contributed by atoms with Gasteiger partial charge in [-0.05, 0) is 43.3 Å². The lowest BCUT2D eigenvalue weighted by molar-refractivity contribution is -0.116. The fourth-order valence-electron chi connectivity index (χ4n) is 6.03. The van der Waals surface area contributed by atoms with Gasteiger partial charge in [0.25, 0.3) is 0 Å². The lowest BCUT2D eigenvalue weighted by atomic mass is 10.0. The molecule has 8 nitrogen and oxygen atoms in total. The van der Waals surface area contributed by atoms with E-state index in [0.717, 1.165) is 6.92 Å². The first-order valence-electron chi connectivity index (χ1n) is 14.2. The van der Waals surface area contributed by atoms with E-state index in [1.165, 1.54) is 30.3 Å². The van der Waals surface area contributed by atoms with Crippen molar-refractivity contribution in [2.45, 2.75) is 26.9 Å². The smallest absolute Gasteiger partial charge is 0.212 e. The highest BCUT2D eigenvalue weighted by Crippen LogP contribution is 2.50. The minimum Gasteiger partial charge on any atom is -0.506 e. The molecule has 12 heteroatoms. The number of hydrogen-bond acceptors (Lipinski definition) is 8. The van der Waals surface area contributed by atoms with Gasteiger partial charge < -0.3 is 5.11 Å². The summed E-state index contributed by atoms with van der Waals surface area (Å²) in [5, 5.41) is 10.8. The Kier molecular flexibility index (Phi) is 7.44. The van der Waals surface area contributed by atoms with Crippen LogP contribution in [0.4, 0.5) is 0 Å². The molecule has 0 saturated carbocycles. The second-order valence-electron chi connectivity index (χ2n) is 10.9. The molecule has 0 radical (unpaired) electrons. The predicted molar refractivity (Wildman–Crippen MR) is 182 cm³/mol. The fraction of sp³-hybridized carbons (Fsp3) is 0.0571. The molecule has 2 aromatic heterocycles. The maximum Gasteiger partial charge on any atom is 0.212 e. The largest absolute Gasteiger partial charge is 0.506 e. The van der Waals surface area contributed by atoms with Crippen molar-refractivity contribution in [3.63, 3.8) is 0 Å². The zero-order valence-electron chi connectivity index (χ0n) is 24.3. The number of hydrogen-bond donors (Lipinski definition) is 1. The van der Waals surface area contributed by atoms with E-state index in [2.05, 4.69) is 0 Å². The SMILES string of the molecule is CC(=O)C(c1nc2c3c(Cl)cccc3c(O)c(S(=O)(=O)c3ccccc3)c3nc(-c4ccccc4Cl)c1c32)S(=O)(=O)c1ccccc1. The number of ketones is 1. The lowest BCUT2D eigenvalue weighted by Crippen LogP contribution is -2.21. The third-order valence-electron chi connectivity index (χ3n) is 8.06. The third-order valence-corrected chi connectivity index (χ3v) is 12.6. The number of benzene rings is 4. The van der Waals surface area contributed by atoms with Crippen LogP contribution in [0.1, 0.15) is 17.9 Å². The van der Waals surface area contributed by atoms with Gasteiger partial charge in [-0.2, -0.15) is 0 Å². The Hall–Kier alpha value is -4.61. The first-order chi connectivity index (χ1) is 22.4. The van der Waals surface area contributed by atoms with E-state index in [-0.39, 0.29) is 63.8 Å². The average molecular weight is 702 g/mol. The number of sulfone groups is 2. The van der Waals surface area contributed by atoms with Gasteiger partial charge in [0.05, 0.1) is 37.2 Å². The summed E-state index contributed by atoms with van der Waals surface area (Å²) in [7, 11) is -8.88. The van der Waals surface area contributed by atoms with Crippen LogP contribution in [0.15, 0.2) is 118 Å². The molecule has 1 unspecified atom stereocenters. The normalized spacial score (nSPS) is 13.0. The summed E-state index contributed by atoms with van der Waals surface area (Å²) < 4.78 is 57.3. The minimum atomic E-state index is -4.48. The molecule has 0 bridgehead atoms. The molecule has 2 heterocycles. The molecular weight excluding hydrogens is 679 g/mol. The molecule has 0 amide bonds. The summed E-state index contributed by atoms with van der Waals surface area (Å²) in [6.45, 7) is 1.15. The lowest BCUT2D eigenvalue weighted by Gasteiger charge is -2.14. The van der Waals surface area contributed by atoms with Crippen LogP contribution in [0, 0.1) is 0 Å². The van der Waals surface area contributed by atoms with Gasteiger partial charge in [0.1, 0.15) is 10.6 Å². The van der Waals surface area contributed by atoms with E-state index >= 15 is 0 Å². The quantitative estimate of drug-likeness (QED) is 0.177. The molecule has 0 aliphatic heterocycles. The Morgan fingerprint density at radius 2 is 1.28 bits per heavy atom. The Labute approximate surface area is 279 Å². The van der Waals surface area contributed by atoms with Gasteiger partial charge in [0.15, 0.2) is 20.9 Å². The van der Waals surface area contributed by atoms with Crippen LogP contribution in [0.25, 0.3) is 43.8 Å². The van der Waals surface area contributed by atoms with Crippen LogP contribution in [-0.2, 0) is 24.5 Å². The van der Waals surface area contributed by atoms with Crippen molar-refractivity contribution in [3.05, 3.63) is 119 Å². The maximum atomic E-state index is 14.4. The Balaban J connectivity index is 1.76. The molecule has 234 valence electrons. The average Bonchev–Trinajstić information content (AvgIpc) is 3.58. The van der Waals surface area contributed by atoms with Crippen molar-refractivity contribution >= 4 is 81.2 Å². The van der Waals surface area contributed by atoms with Crippen LogP contribution in [0.5, 0.6) is 5.75 Å². The summed E-state index contributed by atoms with van der Waals surface area (Å²) in [5.41, 5.74) is 0.144. The number of rotatable bonds is 7. The number of fused-ring (bicyclic) bond motifs is 2. The highest BCUT2D eigenvalue weighted by Gasteiger charge is 2.40. The van der Waals surface area contributed by atoms with Crippen molar-refractivity contribution in [1.82, 2.24) is 9.97 Å². The van der Waals surface area contributed by atoms with Gasteiger partial charge in [-0.25, -0.2) is 26.8 Å². The summed E-state index contributed by atoms with van der Waals surface area (Å²) in [4.78, 5) is 22.3. The zero-order chi connectivity index (χ0) is 33.2. The molecule has 0 aliphatic carbocycles. The first kappa shape index (κ1) is 31.0. The maximum absolute atomic E-state index is 14.4. The van der Waals surface area contributed by atoms with Crippen molar-refractivity contribution in [3.8, 4) is 17.0 Å². The van der Waals surface area contributed by atoms with Gasteiger partial charge >= 0.3 is 0 Å². The molecule has 7 rings (SSSR count). The van der Waals surface area contributed by atoms with Crippen molar-refractivity contribution in [2.75, 3.05) is 0 Å². The van der Waals surface area contributed by atoms with Crippen LogP contribution in [0.2, 0.25) is 10.0 Å². The van der Waals surface area contributed by atoms with Gasteiger partial charge in [-0.1, -0.05) is 89.9 Å². The van der Waals surface area contributed by atoms with Gasteiger partial charge in [-0.3, -0.25) is 4.79 Å². The third kappa shape index (κ3) is 4.74. The first-order valence-corrected chi connectivity index (χ1v) is 18.0. The predicted octanol–water partition coefficient (Wildman–Crippen LogP) is 7.99. The summed E-state index contributed by atoms with van der Waals surface area (Å²) in [5.74, 6) is -1.34. The number of carbonyl (C=O) groups is 1. The van der Waals surface area contributed by atoms with E-state index in [1.54, 1.807) is 72.8 Å². The van der Waals surface area contributed by atoms with Gasteiger partial charge in [0.2, 0.25) is 9.84 Å². The summed E-state index contributed by atoms with van der Waals surface area (Å²) >= 11 is 13.4. The molecule has 0 fully saturated rings. The Morgan fingerprint density at radius 1 is 0.681 bits per heavy atom. The van der Waals surface area contributed by atoms with Gasteiger partial charge in [-0.15, -0.1) is 0 Å². The molecule has 47 heavy (non-hydrogen) atoms. The number of aromatic nitrogens is 2. The number of aromatic hydroxyl groups is 1. The molecule has 5 aromatic carbocycles. The molecule has 0 saturated heterocycles. The Bertz CT molecular complexity index is 2620. The topological polar surface area (TPSA) is 131 Å². The fourth-order valence-corrected chi connectivity index (χ4v) is 9.75. The molecular formula is C35H22Cl2N2O6S2. The van der Waals surface area contributed by atoms with Crippen molar-refractivity contribution in [2.24, 2.45) is 0 Å². The van der Waals surface area contributed by atoms with Crippen LogP contribution in [0.3, 0.4) is 0 Å². The van der Waals surface area contributed by atoms with Crippen LogP contribution < -0.4 is 0 Å². The minimum absolute atomic E-state index is 0.0422. The number of nitrogens with zero attached hydrogens (tertiary/aromatic N) is 2. The second kappa shape index (κ2) is 11.3. The zero-order valence-corrected chi connectivity index (χ0v) is 27.5. The van der Waals surface area contributed by atoms with Crippen LogP contribution in [-0.4, -0.2) is 37.7 Å². The number of carbonyl (C=O) groups excluding carboxylic acids is 1. The highest BCUT2D eigenvalue weighted by atomic mass is 35.5. The molecule has 7 aromatic rings. The van der Waals surface area contributed by atoms with E-state index in [4.69, 9.17) is 33.2 Å². The van der Waals surface area contributed by atoms with Crippen molar-refractivity contribution < 1.29 is 26.7 Å². The highest BCUT2D eigenvalue weighted by molar-refractivity contribution is 7.92. The molecule has 1 atom stereocenters. The summed E-state index contributed by atoms with van der Waals surface area (Å²) in [6.07, 6.45) is 0. The van der Waals surface area contributed by atoms with Crippen LogP contribution >= 0.6 is 23.2 Å². The molecule has 1 N–H and O–H groups in total. The second-order valence-corrected chi connectivity index (χ2v) is 15.6. The Morgan fingerprint density at radius 3 is 1.91 bits per heavy atom. The van der Waals surface area contributed by atoms with E-state index < -0.39 is 41.4 Å². The monoisotopic (exact) mass is 700 g/mol. The number of halogens is 2. The van der Waals surface area contributed by atoms with E-state index in [1.807, 2.05) is 0 Å². The molecule has 0 spiro atoms. The van der Waals surface area contributed by atoms with E-state index in [0.29, 0.717) is 5.56 Å². The summed E-state index contributed by atoms with van der Waals surface area (Å²) in [6, 6.07) is 26.2.